The van der Waals surface area contributed by atoms with Crippen molar-refractivity contribution in [3.05, 3.63) is 77.9 Å². The molecule has 2 atom stereocenters. The lowest BCUT2D eigenvalue weighted by Gasteiger charge is -2.24. The fraction of sp³-hybridized carbons (Fsp3) is 0.367. The van der Waals surface area contributed by atoms with Crippen molar-refractivity contribution in [3.63, 3.8) is 0 Å². The summed E-state index contributed by atoms with van der Waals surface area (Å²) < 4.78 is 28.5. The SMILES string of the molecule is Cc1ccc(S(=O)(=O)N[C@H](CC(=O)N[C@@H](C)C(=O)NCc2cccc3ccccc23)CC(=O)NC(C)(C)C)cc1. The molecule has 0 aliphatic rings. The van der Waals surface area contributed by atoms with Gasteiger partial charge in [0.15, 0.2) is 0 Å². The number of hydrogen-bond donors (Lipinski definition) is 4. The summed E-state index contributed by atoms with van der Waals surface area (Å²) in [6, 6.07) is 18.1. The van der Waals surface area contributed by atoms with Crippen LogP contribution >= 0.6 is 0 Å². The van der Waals surface area contributed by atoms with Gasteiger partial charge < -0.3 is 16.0 Å². The average molecular weight is 567 g/mol. The molecular formula is C30H38N4O5S. The first-order chi connectivity index (χ1) is 18.7. The second-order valence-electron chi connectivity index (χ2n) is 11.0. The van der Waals surface area contributed by atoms with E-state index in [1.807, 2.05) is 70.2 Å². The van der Waals surface area contributed by atoms with Crippen molar-refractivity contribution in [2.24, 2.45) is 0 Å². The van der Waals surface area contributed by atoms with Crippen LogP contribution in [0, 0.1) is 6.92 Å². The number of carbonyl (C=O) groups is 3. The van der Waals surface area contributed by atoms with E-state index in [2.05, 4.69) is 20.7 Å². The maximum Gasteiger partial charge on any atom is 0.242 e. The summed E-state index contributed by atoms with van der Waals surface area (Å²) in [6.07, 6.45) is -0.582. The van der Waals surface area contributed by atoms with Crippen molar-refractivity contribution in [1.82, 2.24) is 20.7 Å². The molecule has 214 valence electrons. The molecule has 0 aliphatic heterocycles. The third-order valence-electron chi connectivity index (χ3n) is 6.13. The Balaban J connectivity index is 1.64. The highest BCUT2D eigenvalue weighted by Crippen LogP contribution is 2.18. The fourth-order valence-electron chi connectivity index (χ4n) is 4.23. The van der Waals surface area contributed by atoms with Gasteiger partial charge in [0.25, 0.3) is 0 Å². The number of rotatable bonds is 11. The first kappa shape index (κ1) is 30.8. The van der Waals surface area contributed by atoms with Crippen LogP contribution in [-0.2, 0) is 31.0 Å². The minimum absolute atomic E-state index is 0.0286. The largest absolute Gasteiger partial charge is 0.351 e. The Morgan fingerprint density at radius 2 is 1.48 bits per heavy atom. The molecule has 3 aromatic rings. The number of sulfonamides is 1. The predicted molar refractivity (Wildman–Crippen MR) is 156 cm³/mol. The lowest BCUT2D eigenvalue weighted by Crippen LogP contribution is -2.48. The normalized spacial score (nSPS) is 13.3. The van der Waals surface area contributed by atoms with Crippen LogP contribution < -0.4 is 20.7 Å². The summed E-state index contributed by atoms with van der Waals surface area (Å²) in [5.74, 6) is -1.35. The van der Waals surface area contributed by atoms with Crippen molar-refractivity contribution >= 4 is 38.5 Å². The standard InChI is InChI=1S/C30H38N4O5S/c1-20-13-15-25(16-14-20)40(38,39)34-24(18-28(36)33-30(3,4)5)17-27(35)32-21(2)29(37)31-19-23-11-8-10-22-9-6-7-12-26(22)23/h6-16,21,24,34H,17-19H2,1-5H3,(H,31,37)(H,32,35)(H,33,36)/t21-,24+/m0/s1. The second-order valence-corrected chi connectivity index (χ2v) is 12.7. The zero-order valence-corrected chi connectivity index (χ0v) is 24.4. The molecule has 0 bridgehead atoms. The fourth-order valence-corrected chi connectivity index (χ4v) is 5.46. The third-order valence-corrected chi connectivity index (χ3v) is 7.67. The first-order valence-electron chi connectivity index (χ1n) is 13.2. The minimum Gasteiger partial charge on any atom is -0.351 e. The molecule has 40 heavy (non-hydrogen) atoms. The number of carbonyl (C=O) groups excluding carboxylic acids is 3. The highest BCUT2D eigenvalue weighted by molar-refractivity contribution is 7.89. The van der Waals surface area contributed by atoms with Crippen molar-refractivity contribution in [1.29, 1.82) is 0 Å². The molecule has 0 saturated carbocycles. The van der Waals surface area contributed by atoms with Crippen LogP contribution in [0.15, 0.2) is 71.6 Å². The minimum atomic E-state index is -4.00. The number of aryl methyl sites for hydroxylation is 1. The highest BCUT2D eigenvalue weighted by atomic mass is 32.2. The van der Waals surface area contributed by atoms with Gasteiger partial charge in [-0.15, -0.1) is 0 Å². The Morgan fingerprint density at radius 3 is 2.15 bits per heavy atom. The Kier molecular flexibility index (Phi) is 10.1. The van der Waals surface area contributed by atoms with E-state index < -0.39 is 39.5 Å². The van der Waals surface area contributed by atoms with E-state index in [1.165, 1.54) is 12.1 Å². The van der Waals surface area contributed by atoms with Crippen LogP contribution in [0.1, 0.15) is 51.7 Å². The Morgan fingerprint density at radius 1 is 0.850 bits per heavy atom. The van der Waals surface area contributed by atoms with E-state index in [0.717, 1.165) is 21.9 Å². The molecule has 0 saturated heterocycles. The van der Waals surface area contributed by atoms with E-state index in [9.17, 15) is 22.8 Å². The van der Waals surface area contributed by atoms with Gasteiger partial charge in [-0.25, -0.2) is 13.1 Å². The zero-order valence-electron chi connectivity index (χ0n) is 23.6. The van der Waals surface area contributed by atoms with Crippen LogP contribution in [0.2, 0.25) is 0 Å². The molecule has 0 spiro atoms. The van der Waals surface area contributed by atoms with Gasteiger partial charge in [-0.3, -0.25) is 14.4 Å². The zero-order chi connectivity index (χ0) is 29.5. The topological polar surface area (TPSA) is 133 Å². The number of hydrogen-bond acceptors (Lipinski definition) is 5. The van der Waals surface area contributed by atoms with Gasteiger partial charge in [0.05, 0.1) is 4.90 Å². The summed E-state index contributed by atoms with van der Waals surface area (Å²) in [7, 11) is -4.00. The van der Waals surface area contributed by atoms with E-state index in [-0.39, 0.29) is 30.2 Å². The Labute approximate surface area is 236 Å². The number of fused-ring (bicyclic) bond motifs is 1. The monoisotopic (exact) mass is 566 g/mol. The smallest absolute Gasteiger partial charge is 0.242 e. The van der Waals surface area contributed by atoms with Gasteiger partial charge in [-0.1, -0.05) is 60.2 Å². The maximum atomic E-state index is 13.0. The molecule has 3 amide bonds. The van der Waals surface area contributed by atoms with Gasteiger partial charge in [0.1, 0.15) is 6.04 Å². The molecule has 4 N–H and O–H groups in total. The van der Waals surface area contributed by atoms with Crippen LogP contribution in [-0.4, -0.2) is 43.8 Å². The third kappa shape index (κ3) is 9.17. The van der Waals surface area contributed by atoms with Gasteiger partial charge >= 0.3 is 0 Å². The van der Waals surface area contributed by atoms with Gasteiger partial charge in [0, 0.05) is 31.0 Å². The van der Waals surface area contributed by atoms with Crippen LogP contribution in [0.4, 0.5) is 0 Å². The van der Waals surface area contributed by atoms with Gasteiger partial charge in [-0.05, 0) is 63.1 Å². The van der Waals surface area contributed by atoms with E-state index in [0.29, 0.717) is 0 Å². The summed E-state index contributed by atoms with van der Waals surface area (Å²) >= 11 is 0. The quantitative estimate of drug-likeness (QED) is 0.283. The van der Waals surface area contributed by atoms with E-state index in [1.54, 1.807) is 19.1 Å². The van der Waals surface area contributed by atoms with E-state index in [4.69, 9.17) is 0 Å². The number of nitrogens with one attached hydrogen (secondary N) is 4. The predicted octanol–water partition coefficient (Wildman–Crippen LogP) is 3.31. The Hall–Kier alpha value is -3.76. The van der Waals surface area contributed by atoms with E-state index >= 15 is 0 Å². The van der Waals surface area contributed by atoms with Crippen molar-refractivity contribution < 1.29 is 22.8 Å². The molecule has 0 aromatic heterocycles. The number of amides is 3. The molecule has 0 unspecified atom stereocenters. The lowest BCUT2D eigenvalue weighted by molar-refractivity contribution is -0.129. The maximum absolute atomic E-state index is 13.0. The number of benzene rings is 3. The molecule has 0 fully saturated rings. The van der Waals surface area contributed by atoms with Crippen LogP contribution in [0.5, 0.6) is 0 Å². The summed E-state index contributed by atoms with van der Waals surface area (Å²) in [5.41, 5.74) is 1.31. The first-order valence-corrected chi connectivity index (χ1v) is 14.7. The molecule has 0 radical (unpaired) electrons. The molecule has 0 aliphatic carbocycles. The highest BCUT2D eigenvalue weighted by Gasteiger charge is 2.27. The molecule has 0 heterocycles. The van der Waals surface area contributed by atoms with Crippen molar-refractivity contribution in [2.75, 3.05) is 0 Å². The van der Waals surface area contributed by atoms with Gasteiger partial charge in [0.2, 0.25) is 27.7 Å². The molecular weight excluding hydrogens is 528 g/mol. The summed E-state index contributed by atoms with van der Waals surface area (Å²) in [4.78, 5) is 38.3. The van der Waals surface area contributed by atoms with Crippen molar-refractivity contribution in [2.45, 2.75) is 76.5 Å². The molecule has 9 nitrogen and oxygen atoms in total. The summed E-state index contributed by atoms with van der Waals surface area (Å²) in [6.45, 7) is 9.10. The van der Waals surface area contributed by atoms with Gasteiger partial charge in [-0.2, -0.15) is 0 Å². The van der Waals surface area contributed by atoms with Crippen LogP contribution in [0.3, 0.4) is 0 Å². The lowest BCUT2D eigenvalue weighted by atomic mass is 10.0. The molecule has 3 aromatic carbocycles. The summed E-state index contributed by atoms with van der Waals surface area (Å²) in [5, 5.41) is 10.3. The Bertz CT molecular complexity index is 1460. The average Bonchev–Trinajstić information content (AvgIpc) is 2.85. The second kappa shape index (κ2) is 13.1. The molecule has 10 heteroatoms. The van der Waals surface area contributed by atoms with Crippen LogP contribution in [0.25, 0.3) is 10.8 Å². The molecule has 3 rings (SSSR count). The van der Waals surface area contributed by atoms with Crippen molar-refractivity contribution in [3.8, 4) is 0 Å².